The minimum absolute atomic E-state index is 0.134. The third-order valence-corrected chi connectivity index (χ3v) is 6.57. The zero-order valence-electron chi connectivity index (χ0n) is 16.4. The van der Waals surface area contributed by atoms with Gasteiger partial charge in [0.1, 0.15) is 11.9 Å². The van der Waals surface area contributed by atoms with Crippen LogP contribution in [0.25, 0.3) is 0 Å². The first-order valence-corrected chi connectivity index (χ1v) is 9.94. The molecular weight excluding hydrogens is 419 g/mol. The summed E-state index contributed by atoms with van der Waals surface area (Å²) in [6, 6.07) is 18.6. The molecule has 2 aliphatic heterocycles. The van der Waals surface area contributed by atoms with E-state index in [0.29, 0.717) is 5.56 Å². The lowest BCUT2D eigenvalue weighted by atomic mass is 9.52. The maximum Gasteiger partial charge on any atom is 0.244 e. The number of nitriles is 3. The van der Waals surface area contributed by atoms with Gasteiger partial charge in [-0.25, -0.2) is 4.39 Å². The van der Waals surface area contributed by atoms with Gasteiger partial charge in [-0.3, -0.25) is 5.41 Å². The largest absolute Gasteiger partial charge is 0.443 e. The summed E-state index contributed by atoms with van der Waals surface area (Å²) in [7, 11) is 0. The molecule has 2 bridgehead atoms. The Morgan fingerprint density at radius 1 is 1.10 bits per heavy atom. The van der Waals surface area contributed by atoms with Crippen LogP contribution in [-0.2, 0) is 15.3 Å². The summed E-state index contributed by atoms with van der Waals surface area (Å²) in [5, 5.41) is 39.3. The van der Waals surface area contributed by atoms with E-state index < -0.39 is 40.4 Å². The second-order valence-corrected chi connectivity index (χ2v) is 7.96. The predicted octanol–water partition coefficient (Wildman–Crippen LogP) is 4.98. The fraction of sp³-hybridized carbons (Fsp3) is 0.304. The van der Waals surface area contributed by atoms with Crippen LogP contribution < -0.4 is 0 Å². The minimum Gasteiger partial charge on any atom is -0.443 e. The van der Waals surface area contributed by atoms with Gasteiger partial charge in [0, 0.05) is 5.56 Å². The molecule has 2 aliphatic rings. The van der Waals surface area contributed by atoms with Crippen molar-refractivity contribution in [2.75, 3.05) is 0 Å². The highest BCUT2D eigenvalue weighted by molar-refractivity contribution is 6.30. The van der Waals surface area contributed by atoms with Crippen molar-refractivity contribution in [1.29, 1.82) is 21.2 Å². The van der Waals surface area contributed by atoms with Crippen molar-refractivity contribution < 1.29 is 13.9 Å². The van der Waals surface area contributed by atoms with Gasteiger partial charge in [-0.05, 0) is 24.1 Å². The molecular formula is C23H16ClFN4O2. The van der Waals surface area contributed by atoms with Crippen molar-refractivity contribution in [3.63, 3.8) is 0 Å². The molecule has 154 valence electrons. The molecule has 4 rings (SSSR count). The second-order valence-electron chi connectivity index (χ2n) is 7.55. The molecule has 0 radical (unpaired) electrons. The summed E-state index contributed by atoms with van der Waals surface area (Å²) in [6.07, 6.45) is -1.09. The average Bonchev–Trinajstić information content (AvgIpc) is 3.00. The van der Waals surface area contributed by atoms with Crippen molar-refractivity contribution in [2.45, 2.75) is 25.2 Å². The van der Waals surface area contributed by atoms with Crippen LogP contribution in [0.3, 0.4) is 0 Å². The van der Waals surface area contributed by atoms with E-state index in [1.165, 1.54) is 12.1 Å². The number of rotatable bonds is 3. The Balaban J connectivity index is 2.07. The Morgan fingerprint density at radius 3 is 2.32 bits per heavy atom. The van der Waals surface area contributed by atoms with Crippen LogP contribution in [0.4, 0.5) is 4.39 Å². The second kappa shape index (κ2) is 7.06. The molecule has 6 nitrogen and oxygen atoms in total. The Bertz CT molecular complexity index is 1180. The molecule has 2 aromatic carbocycles. The number of ether oxygens (including phenoxy) is 2. The van der Waals surface area contributed by atoms with E-state index in [1.807, 2.05) is 12.1 Å². The minimum atomic E-state index is -2.16. The van der Waals surface area contributed by atoms with Crippen LogP contribution in [0.5, 0.6) is 0 Å². The number of hydrogen-bond acceptors (Lipinski definition) is 6. The van der Waals surface area contributed by atoms with Gasteiger partial charge in [-0.1, -0.05) is 54.9 Å². The molecule has 2 fully saturated rings. The number of fused-ring (bicyclic) bond motifs is 2. The Morgan fingerprint density at radius 2 is 1.77 bits per heavy atom. The molecule has 2 heterocycles. The fourth-order valence-electron chi connectivity index (χ4n) is 4.88. The highest BCUT2D eigenvalue weighted by Crippen LogP contribution is 2.69. The highest BCUT2D eigenvalue weighted by Gasteiger charge is 2.80. The summed E-state index contributed by atoms with van der Waals surface area (Å²) in [4.78, 5) is 0. The van der Waals surface area contributed by atoms with Crippen LogP contribution in [0.15, 0.2) is 48.5 Å². The van der Waals surface area contributed by atoms with E-state index in [0.717, 1.165) is 6.07 Å². The van der Waals surface area contributed by atoms with Gasteiger partial charge < -0.3 is 9.47 Å². The summed E-state index contributed by atoms with van der Waals surface area (Å²) >= 11 is 5.82. The number of hydrogen-bond donors (Lipinski definition) is 1. The van der Waals surface area contributed by atoms with Gasteiger partial charge in [0.15, 0.2) is 5.41 Å². The van der Waals surface area contributed by atoms with E-state index in [4.69, 9.17) is 26.5 Å². The quantitative estimate of drug-likeness (QED) is 0.731. The lowest BCUT2D eigenvalue weighted by Crippen LogP contribution is -2.58. The van der Waals surface area contributed by atoms with Gasteiger partial charge >= 0.3 is 0 Å². The molecule has 4 atom stereocenters. The molecule has 0 aliphatic carbocycles. The first-order valence-electron chi connectivity index (χ1n) is 9.57. The summed E-state index contributed by atoms with van der Waals surface area (Å²) in [6.45, 7) is 1.78. The van der Waals surface area contributed by atoms with E-state index >= 15 is 0 Å². The third-order valence-electron chi connectivity index (χ3n) is 6.26. The van der Waals surface area contributed by atoms with Crippen molar-refractivity contribution in [3.05, 3.63) is 70.5 Å². The van der Waals surface area contributed by atoms with Gasteiger partial charge in [0.2, 0.25) is 17.1 Å². The lowest BCUT2D eigenvalue weighted by Gasteiger charge is -2.49. The van der Waals surface area contributed by atoms with Crippen LogP contribution in [0, 0.1) is 62.0 Å². The standard InChI is InChI=1S/C23H16ClFN4O2/c1-2-18-22(13-28)20(29)31-23(18,15-6-4-3-5-7-15)30-19(21(22,11-26)12-27)14-8-9-16(24)17(25)10-14/h3-10,18-19,29H,2H2,1H3. The monoisotopic (exact) mass is 434 g/mol. The van der Waals surface area contributed by atoms with E-state index in [9.17, 15) is 20.2 Å². The molecule has 4 unspecified atom stereocenters. The SMILES string of the molecule is CCC1C2(c3ccccc3)OC(=N)C1(C#N)C(C#N)(C#N)C(c1ccc(Cl)c(F)c1)O2. The smallest absolute Gasteiger partial charge is 0.244 e. The van der Waals surface area contributed by atoms with Crippen LogP contribution in [-0.4, -0.2) is 5.90 Å². The van der Waals surface area contributed by atoms with Gasteiger partial charge in [0.05, 0.1) is 29.1 Å². The normalized spacial score (nSPS) is 30.5. The Labute approximate surface area is 183 Å². The third kappa shape index (κ3) is 2.41. The molecule has 31 heavy (non-hydrogen) atoms. The lowest BCUT2D eigenvalue weighted by molar-refractivity contribution is -0.292. The van der Waals surface area contributed by atoms with Gasteiger partial charge in [-0.15, -0.1) is 0 Å². The van der Waals surface area contributed by atoms with E-state index in [-0.39, 0.29) is 17.0 Å². The van der Waals surface area contributed by atoms with Crippen molar-refractivity contribution in [1.82, 2.24) is 0 Å². The maximum absolute atomic E-state index is 14.3. The van der Waals surface area contributed by atoms with Crippen molar-refractivity contribution in [3.8, 4) is 18.2 Å². The van der Waals surface area contributed by atoms with Crippen molar-refractivity contribution in [2.24, 2.45) is 16.7 Å². The highest BCUT2D eigenvalue weighted by atomic mass is 35.5. The molecule has 2 aromatic rings. The van der Waals surface area contributed by atoms with E-state index in [2.05, 4.69) is 6.07 Å². The van der Waals surface area contributed by atoms with E-state index in [1.54, 1.807) is 37.3 Å². The first-order chi connectivity index (χ1) is 14.9. The van der Waals surface area contributed by atoms with Gasteiger partial charge in [-0.2, -0.15) is 15.8 Å². The summed E-state index contributed by atoms with van der Waals surface area (Å²) < 4.78 is 26.6. The first kappa shape index (κ1) is 20.8. The number of nitrogens with zero attached hydrogens (tertiary/aromatic N) is 3. The number of benzene rings is 2. The van der Waals surface area contributed by atoms with Crippen LogP contribution >= 0.6 is 11.6 Å². The number of nitrogens with one attached hydrogen (secondary N) is 1. The zero-order valence-corrected chi connectivity index (χ0v) is 17.2. The Hall–Kier alpha value is -3.44. The fourth-order valence-corrected chi connectivity index (χ4v) is 5.00. The van der Waals surface area contributed by atoms with Crippen molar-refractivity contribution >= 4 is 17.5 Å². The predicted molar refractivity (Wildman–Crippen MR) is 108 cm³/mol. The van der Waals surface area contributed by atoms with Crippen LogP contribution in [0.1, 0.15) is 30.6 Å². The molecule has 0 saturated carbocycles. The summed E-state index contributed by atoms with van der Waals surface area (Å²) in [5.74, 6) is -3.69. The maximum atomic E-state index is 14.3. The molecule has 2 saturated heterocycles. The van der Waals surface area contributed by atoms with Crippen LogP contribution in [0.2, 0.25) is 5.02 Å². The topological polar surface area (TPSA) is 114 Å². The molecule has 0 spiro atoms. The summed E-state index contributed by atoms with van der Waals surface area (Å²) in [5.41, 5.74) is -3.40. The molecule has 1 N–H and O–H groups in total. The zero-order chi connectivity index (χ0) is 22.4. The Kier molecular flexibility index (Phi) is 4.74. The molecule has 0 amide bonds. The molecule has 0 aromatic heterocycles. The van der Waals surface area contributed by atoms with Gasteiger partial charge in [0.25, 0.3) is 0 Å². The molecule has 8 heteroatoms. The number of halogens is 2. The average molecular weight is 435 g/mol.